The van der Waals surface area contributed by atoms with Gasteiger partial charge in [0.1, 0.15) is 11.9 Å². The number of nitro groups is 1. The van der Waals surface area contributed by atoms with Gasteiger partial charge in [0.05, 0.1) is 26.6 Å². The molecular formula is C18H12Br3N5O4. The number of aromatic hydroxyl groups is 1. The number of amides is 1. The third-order valence-electron chi connectivity index (χ3n) is 3.81. The van der Waals surface area contributed by atoms with Crippen molar-refractivity contribution >= 4 is 65.6 Å². The molecule has 9 nitrogen and oxygen atoms in total. The number of carbonyl (C=O) groups excluding carboxylic acids is 1. The van der Waals surface area contributed by atoms with E-state index in [1.165, 1.54) is 17.1 Å². The topological polar surface area (TPSA) is 123 Å². The molecule has 0 spiro atoms. The molecule has 1 aromatic heterocycles. The summed E-state index contributed by atoms with van der Waals surface area (Å²) in [6, 6.07) is 10.6. The van der Waals surface area contributed by atoms with Crippen LogP contribution in [0.2, 0.25) is 0 Å². The summed E-state index contributed by atoms with van der Waals surface area (Å²) >= 11 is 9.75. The Labute approximate surface area is 195 Å². The lowest BCUT2D eigenvalue weighted by molar-refractivity contribution is -0.385. The third-order valence-corrected chi connectivity index (χ3v) is 5.51. The second kappa shape index (κ2) is 9.49. The average Bonchev–Trinajstić information content (AvgIpc) is 3.10. The zero-order valence-corrected chi connectivity index (χ0v) is 19.7. The zero-order chi connectivity index (χ0) is 21.8. The number of phenolic OH excluding ortho intramolecular Hbond substituents is 1. The van der Waals surface area contributed by atoms with E-state index in [1.54, 1.807) is 12.1 Å². The van der Waals surface area contributed by atoms with Crippen molar-refractivity contribution in [2.24, 2.45) is 5.10 Å². The molecule has 0 aliphatic carbocycles. The fourth-order valence-corrected chi connectivity index (χ4v) is 4.16. The number of hydrogen-bond acceptors (Lipinski definition) is 6. The van der Waals surface area contributed by atoms with E-state index in [1.807, 2.05) is 24.3 Å². The minimum atomic E-state index is -0.817. The minimum Gasteiger partial charge on any atom is -0.506 e. The number of nitrogens with zero attached hydrogens (tertiary/aromatic N) is 4. The van der Waals surface area contributed by atoms with Gasteiger partial charge in [-0.2, -0.15) is 10.2 Å². The van der Waals surface area contributed by atoms with E-state index in [0.29, 0.717) is 14.5 Å². The number of rotatable bonds is 6. The van der Waals surface area contributed by atoms with Gasteiger partial charge in [0.15, 0.2) is 0 Å². The highest BCUT2D eigenvalue weighted by molar-refractivity contribution is 9.11. The van der Waals surface area contributed by atoms with Crippen LogP contribution in [-0.4, -0.2) is 31.9 Å². The van der Waals surface area contributed by atoms with E-state index >= 15 is 0 Å². The molecule has 154 valence electrons. The summed E-state index contributed by atoms with van der Waals surface area (Å²) < 4.78 is 3.06. The Morgan fingerprint density at radius 3 is 2.60 bits per heavy atom. The van der Waals surface area contributed by atoms with E-state index in [4.69, 9.17) is 0 Å². The van der Waals surface area contributed by atoms with Crippen LogP contribution in [0.15, 0.2) is 61.1 Å². The number of phenols is 1. The molecule has 0 fully saturated rings. The van der Waals surface area contributed by atoms with Crippen LogP contribution < -0.4 is 5.43 Å². The summed E-state index contributed by atoms with van der Waals surface area (Å²) in [4.78, 5) is 23.1. The van der Waals surface area contributed by atoms with Gasteiger partial charge in [-0.3, -0.25) is 19.6 Å². The van der Waals surface area contributed by atoms with Gasteiger partial charge in [-0.25, -0.2) is 5.43 Å². The summed E-state index contributed by atoms with van der Waals surface area (Å²) in [5.41, 5.74) is 2.89. The van der Waals surface area contributed by atoms with Crippen LogP contribution >= 0.6 is 47.8 Å². The average molecular weight is 602 g/mol. The summed E-state index contributed by atoms with van der Waals surface area (Å²) in [5, 5.41) is 28.9. The largest absolute Gasteiger partial charge is 0.506 e. The van der Waals surface area contributed by atoms with Gasteiger partial charge in [-0.05, 0) is 67.3 Å². The molecular weight excluding hydrogens is 590 g/mol. The molecule has 0 saturated carbocycles. The molecule has 0 radical (unpaired) electrons. The molecule has 2 aromatic carbocycles. The van der Waals surface area contributed by atoms with Crippen LogP contribution in [0.1, 0.15) is 21.6 Å². The lowest BCUT2D eigenvalue weighted by Gasteiger charge is -2.02. The molecule has 3 rings (SSSR count). The Hall–Kier alpha value is -2.57. The summed E-state index contributed by atoms with van der Waals surface area (Å²) in [6.07, 6.45) is 2.53. The van der Waals surface area contributed by atoms with Gasteiger partial charge >= 0.3 is 5.69 Å². The van der Waals surface area contributed by atoms with Crippen molar-refractivity contribution in [1.82, 2.24) is 15.2 Å². The lowest BCUT2D eigenvalue weighted by atomic mass is 10.2. The van der Waals surface area contributed by atoms with Crippen LogP contribution in [0, 0.1) is 10.1 Å². The first-order chi connectivity index (χ1) is 14.2. The van der Waals surface area contributed by atoms with Crippen LogP contribution in [-0.2, 0) is 6.54 Å². The number of nitrogens with one attached hydrogen (secondary N) is 1. The highest BCUT2D eigenvalue weighted by Gasteiger charge is 2.25. The summed E-state index contributed by atoms with van der Waals surface area (Å²) in [5.74, 6) is -0.786. The molecule has 0 aliphatic heterocycles. The van der Waals surface area contributed by atoms with Gasteiger partial charge in [0.2, 0.25) is 5.69 Å². The molecule has 12 heteroatoms. The van der Waals surface area contributed by atoms with E-state index < -0.39 is 16.5 Å². The van der Waals surface area contributed by atoms with E-state index in [9.17, 15) is 20.0 Å². The SMILES string of the molecule is O=C(N/N=C\c1cc(Br)c(O)c(Br)c1)c1nn(Cc2cccc(Br)c2)cc1[N+](=O)[O-]. The molecule has 3 aromatic rings. The maximum absolute atomic E-state index is 12.4. The maximum Gasteiger partial charge on any atom is 0.320 e. The Morgan fingerprint density at radius 1 is 1.27 bits per heavy atom. The van der Waals surface area contributed by atoms with Crippen LogP contribution in [0.3, 0.4) is 0 Å². The van der Waals surface area contributed by atoms with Crippen molar-refractivity contribution in [3.63, 3.8) is 0 Å². The van der Waals surface area contributed by atoms with Crippen molar-refractivity contribution < 1.29 is 14.8 Å². The molecule has 0 bridgehead atoms. The second-order valence-electron chi connectivity index (χ2n) is 5.98. The number of aromatic nitrogens is 2. The second-order valence-corrected chi connectivity index (χ2v) is 8.60. The van der Waals surface area contributed by atoms with Gasteiger partial charge in [-0.15, -0.1) is 0 Å². The van der Waals surface area contributed by atoms with Crippen molar-refractivity contribution in [3.05, 3.63) is 82.9 Å². The molecule has 0 atom stereocenters. The first-order valence-electron chi connectivity index (χ1n) is 8.22. The van der Waals surface area contributed by atoms with Crippen molar-refractivity contribution in [2.45, 2.75) is 6.54 Å². The van der Waals surface area contributed by atoms with Crippen LogP contribution in [0.4, 0.5) is 5.69 Å². The molecule has 0 unspecified atom stereocenters. The first kappa shape index (κ1) is 22.1. The van der Waals surface area contributed by atoms with Crippen molar-refractivity contribution in [1.29, 1.82) is 0 Å². The predicted octanol–water partition coefficient (Wildman–Crippen LogP) is 4.60. The highest BCUT2D eigenvalue weighted by Crippen LogP contribution is 2.32. The van der Waals surface area contributed by atoms with Gasteiger partial charge < -0.3 is 5.11 Å². The lowest BCUT2D eigenvalue weighted by Crippen LogP contribution is -2.19. The first-order valence-corrected chi connectivity index (χ1v) is 10.6. The molecule has 1 amide bonds. The smallest absolute Gasteiger partial charge is 0.320 e. The zero-order valence-electron chi connectivity index (χ0n) is 14.9. The quantitative estimate of drug-likeness (QED) is 0.243. The van der Waals surface area contributed by atoms with Gasteiger partial charge in [0.25, 0.3) is 5.91 Å². The van der Waals surface area contributed by atoms with Gasteiger partial charge in [-0.1, -0.05) is 28.1 Å². The highest BCUT2D eigenvalue weighted by atomic mass is 79.9. The van der Waals surface area contributed by atoms with Gasteiger partial charge in [0, 0.05) is 4.47 Å². The molecule has 1 heterocycles. The summed E-state index contributed by atoms with van der Waals surface area (Å²) in [6.45, 7) is 0.256. The molecule has 0 aliphatic rings. The molecule has 0 saturated heterocycles. The number of hydrogen-bond donors (Lipinski definition) is 2. The standard InChI is InChI=1S/C18H12Br3N5O4/c19-12-3-1-2-10(4-12)8-25-9-15(26(29)30)16(24-25)18(28)23-22-7-11-5-13(20)17(27)14(21)6-11/h1-7,9,27H,8H2,(H,23,28)/b22-7-. The third kappa shape index (κ3) is 5.32. The Balaban J connectivity index is 1.78. The van der Waals surface area contributed by atoms with Crippen LogP contribution in [0.25, 0.3) is 0 Å². The number of carbonyl (C=O) groups is 1. The van der Waals surface area contributed by atoms with Crippen molar-refractivity contribution in [2.75, 3.05) is 0 Å². The molecule has 2 N–H and O–H groups in total. The number of benzene rings is 2. The van der Waals surface area contributed by atoms with E-state index in [-0.39, 0.29) is 18.0 Å². The number of halogens is 3. The van der Waals surface area contributed by atoms with Crippen molar-refractivity contribution in [3.8, 4) is 5.75 Å². The Morgan fingerprint density at radius 2 is 1.97 bits per heavy atom. The fraction of sp³-hybridized carbons (Fsp3) is 0.0556. The van der Waals surface area contributed by atoms with E-state index in [2.05, 4.69) is 63.4 Å². The normalized spacial score (nSPS) is 11.0. The fourth-order valence-electron chi connectivity index (χ4n) is 2.49. The Bertz CT molecular complexity index is 1140. The van der Waals surface area contributed by atoms with E-state index in [0.717, 1.165) is 10.0 Å². The Kier molecular flexibility index (Phi) is 7.00. The minimum absolute atomic E-state index is 0.0304. The maximum atomic E-state index is 12.4. The number of hydrazone groups is 1. The van der Waals surface area contributed by atoms with Crippen LogP contribution in [0.5, 0.6) is 5.75 Å². The monoisotopic (exact) mass is 599 g/mol. The molecule has 30 heavy (non-hydrogen) atoms. The predicted molar refractivity (Wildman–Crippen MR) is 121 cm³/mol. The summed E-state index contributed by atoms with van der Waals surface area (Å²) in [7, 11) is 0.